The van der Waals surface area contributed by atoms with E-state index in [1.807, 2.05) is 11.8 Å². The fraction of sp³-hybridized carbons (Fsp3) is 0.571. The zero-order valence-corrected chi connectivity index (χ0v) is 12.2. The standard InChI is InChI=1S/C14H22O2S/c1-6-13(17-7-2)14-11(15-4)8-10(3)9-12(14)16-5/h8-9,13H,6-7H2,1-5H3. The predicted molar refractivity (Wildman–Crippen MR) is 75.4 cm³/mol. The lowest BCUT2D eigenvalue weighted by Crippen LogP contribution is -2.02. The van der Waals surface area contributed by atoms with Crippen LogP contribution in [0, 0.1) is 6.92 Å². The topological polar surface area (TPSA) is 18.5 Å². The molecule has 1 aromatic rings. The lowest BCUT2D eigenvalue weighted by molar-refractivity contribution is 0.384. The predicted octanol–water partition coefficient (Wildman–Crippen LogP) is 4.22. The molecule has 0 N–H and O–H groups in total. The Morgan fingerprint density at radius 2 is 1.65 bits per heavy atom. The van der Waals surface area contributed by atoms with E-state index < -0.39 is 0 Å². The van der Waals surface area contributed by atoms with E-state index in [9.17, 15) is 0 Å². The third-order valence-corrected chi connectivity index (χ3v) is 4.05. The van der Waals surface area contributed by atoms with Gasteiger partial charge in [-0.05, 0) is 36.8 Å². The number of hydrogen-bond acceptors (Lipinski definition) is 3. The maximum Gasteiger partial charge on any atom is 0.127 e. The molecule has 1 rings (SSSR count). The van der Waals surface area contributed by atoms with Crippen LogP contribution in [-0.2, 0) is 0 Å². The van der Waals surface area contributed by atoms with Gasteiger partial charge in [-0.3, -0.25) is 0 Å². The first-order valence-corrected chi connectivity index (χ1v) is 7.06. The van der Waals surface area contributed by atoms with E-state index in [1.165, 1.54) is 11.1 Å². The molecule has 17 heavy (non-hydrogen) atoms. The van der Waals surface area contributed by atoms with E-state index in [4.69, 9.17) is 9.47 Å². The number of aryl methyl sites for hydroxylation is 1. The lowest BCUT2D eigenvalue weighted by Gasteiger charge is -2.21. The number of hydrogen-bond donors (Lipinski definition) is 0. The Balaban J connectivity index is 3.25. The highest BCUT2D eigenvalue weighted by Gasteiger charge is 2.20. The summed E-state index contributed by atoms with van der Waals surface area (Å²) in [4.78, 5) is 0. The van der Waals surface area contributed by atoms with Gasteiger partial charge in [0, 0.05) is 10.8 Å². The Kier molecular flexibility index (Phi) is 5.69. The largest absolute Gasteiger partial charge is 0.496 e. The van der Waals surface area contributed by atoms with Crippen molar-refractivity contribution in [2.75, 3.05) is 20.0 Å². The molecule has 96 valence electrons. The van der Waals surface area contributed by atoms with Gasteiger partial charge in [0.05, 0.1) is 14.2 Å². The van der Waals surface area contributed by atoms with Gasteiger partial charge in [0.2, 0.25) is 0 Å². The average Bonchev–Trinajstić information content (AvgIpc) is 2.35. The third-order valence-electron chi connectivity index (χ3n) is 2.75. The van der Waals surface area contributed by atoms with E-state index in [2.05, 4.69) is 32.9 Å². The Morgan fingerprint density at radius 1 is 1.12 bits per heavy atom. The van der Waals surface area contributed by atoms with Crippen molar-refractivity contribution in [2.24, 2.45) is 0 Å². The monoisotopic (exact) mass is 254 g/mol. The molecule has 3 heteroatoms. The van der Waals surface area contributed by atoms with Crippen LogP contribution in [-0.4, -0.2) is 20.0 Å². The van der Waals surface area contributed by atoms with Gasteiger partial charge < -0.3 is 9.47 Å². The lowest BCUT2D eigenvalue weighted by atomic mass is 10.0. The smallest absolute Gasteiger partial charge is 0.127 e. The highest BCUT2D eigenvalue weighted by Crippen LogP contribution is 2.43. The van der Waals surface area contributed by atoms with Crippen LogP contribution < -0.4 is 9.47 Å². The van der Waals surface area contributed by atoms with E-state index in [0.717, 1.165) is 23.7 Å². The molecule has 1 aromatic carbocycles. The van der Waals surface area contributed by atoms with E-state index in [0.29, 0.717) is 5.25 Å². The van der Waals surface area contributed by atoms with Crippen molar-refractivity contribution in [3.8, 4) is 11.5 Å². The Morgan fingerprint density at radius 3 is 2.00 bits per heavy atom. The first-order valence-electron chi connectivity index (χ1n) is 6.01. The van der Waals surface area contributed by atoms with Crippen LogP contribution in [0.5, 0.6) is 11.5 Å². The summed E-state index contributed by atoms with van der Waals surface area (Å²) in [5, 5.41) is 0.436. The molecule has 1 atom stereocenters. The van der Waals surface area contributed by atoms with Gasteiger partial charge in [-0.2, -0.15) is 11.8 Å². The second kappa shape index (κ2) is 6.80. The third kappa shape index (κ3) is 3.32. The van der Waals surface area contributed by atoms with Crippen LogP contribution in [0.3, 0.4) is 0 Å². The molecule has 0 spiro atoms. The molecular weight excluding hydrogens is 232 g/mol. The highest BCUT2D eigenvalue weighted by atomic mass is 32.2. The summed E-state index contributed by atoms with van der Waals surface area (Å²) in [7, 11) is 3.45. The van der Waals surface area contributed by atoms with Gasteiger partial charge in [-0.15, -0.1) is 0 Å². The summed E-state index contributed by atoms with van der Waals surface area (Å²) in [5.74, 6) is 2.97. The summed E-state index contributed by atoms with van der Waals surface area (Å²) in [6.45, 7) is 6.44. The molecule has 0 fully saturated rings. The van der Waals surface area contributed by atoms with Gasteiger partial charge in [-0.25, -0.2) is 0 Å². The van der Waals surface area contributed by atoms with Crippen LogP contribution in [0.1, 0.15) is 36.6 Å². The summed E-state index contributed by atoms with van der Waals surface area (Å²) in [5.41, 5.74) is 2.36. The zero-order valence-electron chi connectivity index (χ0n) is 11.4. The average molecular weight is 254 g/mol. The highest BCUT2D eigenvalue weighted by molar-refractivity contribution is 7.99. The summed E-state index contributed by atoms with van der Waals surface area (Å²) in [6, 6.07) is 4.16. The quantitative estimate of drug-likeness (QED) is 0.757. The fourth-order valence-electron chi connectivity index (χ4n) is 1.99. The van der Waals surface area contributed by atoms with Crippen LogP contribution in [0.25, 0.3) is 0 Å². The van der Waals surface area contributed by atoms with Crippen molar-refractivity contribution in [3.63, 3.8) is 0 Å². The summed E-state index contributed by atoms with van der Waals surface area (Å²) in [6.07, 6.45) is 1.08. The number of methoxy groups -OCH3 is 2. The molecule has 0 bridgehead atoms. The van der Waals surface area contributed by atoms with Gasteiger partial charge in [0.1, 0.15) is 11.5 Å². The normalized spacial score (nSPS) is 12.3. The maximum atomic E-state index is 5.50. The minimum atomic E-state index is 0.436. The minimum Gasteiger partial charge on any atom is -0.496 e. The van der Waals surface area contributed by atoms with Crippen molar-refractivity contribution in [1.29, 1.82) is 0 Å². The van der Waals surface area contributed by atoms with Crippen molar-refractivity contribution < 1.29 is 9.47 Å². The molecule has 0 aliphatic rings. The molecule has 0 saturated heterocycles. The second-order valence-corrected chi connectivity index (χ2v) is 5.42. The molecule has 0 aromatic heterocycles. The second-order valence-electron chi connectivity index (χ2n) is 3.94. The fourth-order valence-corrected chi connectivity index (χ4v) is 3.03. The van der Waals surface area contributed by atoms with E-state index in [1.54, 1.807) is 14.2 Å². The van der Waals surface area contributed by atoms with Gasteiger partial charge >= 0.3 is 0 Å². The van der Waals surface area contributed by atoms with Crippen LogP contribution in [0.15, 0.2) is 12.1 Å². The molecule has 0 radical (unpaired) electrons. The minimum absolute atomic E-state index is 0.436. The number of thioether (sulfide) groups is 1. The van der Waals surface area contributed by atoms with Crippen molar-refractivity contribution in [3.05, 3.63) is 23.3 Å². The molecule has 0 aliphatic carbocycles. The van der Waals surface area contributed by atoms with Gasteiger partial charge in [0.25, 0.3) is 0 Å². The first kappa shape index (κ1) is 14.2. The van der Waals surface area contributed by atoms with Crippen LogP contribution >= 0.6 is 11.8 Å². The molecule has 0 saturated carbocycles. The summed E-state index contributed by atoms with van der Waals surface area (Å²) >= 11 is 1.93. The molecule has 0 heterocycles. The summed E-state index contributed by atoms with van der Waals surface area (Å²) < 4.78 is 11.0. The maximum absolute atomic E-state index is 5.50. The SMILES string of the molecule is CCSC(CC)c1c(OC)cc(C)cc1OC. The number of benzene rings is 1. The number of ether oxygens (including phenoxy) is 2. The van der Waals surface area contributed by atoms with Gasteiger partial charge in [0.15, 0.2) is 0 Å². The Hall–Kier alpha value is -0.830. The van der Waals surface area contributed by atoms with E-state index >= 15 is 0 Å². The first-order chi connectivity index (χ1) is 8.17. The van der Waals surface area contributed by atoms with Crippen molar-refractivity contribution >= 4 is 11.8 Å². The van der Waals surface area contributed by atoms with Crippen molar-refractivity contribution in [1.82, 2.24) is 0 Å². The molecule has 2 nitrogen and oxygen atoms in total. The van der Waals surface area contributed by atoms with Crippen LogP contribution in [0.4, 0.5) is 0 Å². The molecule has 0 aliphatic heterocycles. The number of rotatable bonds is 6. The van der Waals surface area contributed by atoms with Crippen LogP contribution in [0.2, 0.25) is 0 Å². The zero-order chi connectivity index (χ0) is 12.8. The van der Waals surface area contributed by atoms with E-state index in [-0.39, 0.29) is 0 Å². The van der Waals surface area contributed by atoms with Crippen molar-refractivity contribution in [2.45, 2.75) is 32.4 Å². The molecule has 0 amide bonds. The molecular formula is C14H22O2S. The van der Waals surface area contributed by atoms with Gasteiger partial charge in [-0.1, -0.05) is 13.8 Å². The Bertz CT molecular complexity index is 338. The Labute approximate surface area is 109 Å². The molecule has 1 unspecified atom stereocenters.